The van der Waals surface area contributed by atoms with Gasteiger partial charge < -0.3 is 11.2 Å². The van der Waals surface area contributed by atoms with Crippen LogP contribution in [0.25, 0.3) is 0 Å². The van der Waals surface area contributed by atoms with E-state index in [2.05, 4.69) is 29.4 Å². The Labute approximate surface area is 135 Å². The second-order valence-electron chi connectivity index (χ2n) is 6.72. The molecule has 2 fully saturated rings. The van der Waals surface area contributed by atoms with Crippen molar-refractivity contribution in [1.29, 1.82) is 0 Å². The van der Waals surface area contributed by atoms with Crippen molar-refractivity contribution in [2.45, 2.75) is 63.1 Å². The van der Waals surface area contributed by atoms with E-state index in [0.717, 1.165) is 25.1 Å². The number of rotatable bonds is 5. The summed E-state index contributed by atoms with van der Waals surface area (Å²) in [4.78, 5) is 12.2. The van der Waals surface area contributed by atoms with E-state index in [1.165, 1.54) is 24.6 Å². The zero-order valence-corrected chi connectivity index (χ0v) is 14.1. The number of amides is 1. The first-order valence-electron chi connectivity index (χ1n) is 8.18. The molecule has 2 aliphatic carbocycles. The number of carbonyl (C=O) groups is 1. The van der Waals surface area contributed by atoms with Crippen LogP contribution >= 0.6 is 11.8 Å². The van der Waals surface area contributed by atoms with Gasteiger partial charge in [0.25, 0.3) is 0 Å². The lowest BCUT2D eigenvalue weighted by atomic mass is 9.78. The number of nitrogens with two attached hydrogens (primary N) is 1. The van der Waals surface area contributed by atoms with Gasteiger partial charge in [0, 0.05) is 12.0 Å². The fourth-order valence-corrected chi connectivity index (χ4v) is 3.85. The van der Waals surface area contributed by atoms with E-state index in [1.54, 1.807) is 4.68 Å². The molecule has 0 aromatic carbocycles. The number of hydrogen-bond acceptors (Lipinski definition) is 5. The normalized spacial score (nSPS) is 28.5. The minimum absolute atomic E-state index is 0.0620. The molecule has 0 spiro atoms. The molecular weight excluding hydrogens is 298 g/mol. The number of aromatic nitrogens is 3. The van der Waals surface area contributed by atoms with Crippen molar-refractivity contribution in [2.75, 3.05) is 11.6 Å². The first kappa shape index (κ1) is 15.6. The van der Waals surface area contributed by atoms with E-state index in [4.69, 9.17) is 5.84 Å². The molecule has 0 bridgehead atoms. The fourth-order valence-electron chi connectivity index (χ4n) is 3.17. The quantitative estimate of drug-likeness (QED) is 0.638. The van der Waals surface area contributed by atoms with Crippen LogP contribution in [0.4, 0.5) is 0 Å². The van der Waals surface area contributed by atoms with E-state index in [0.29, 0.717) is 34.7 Å². The molecule has 0 aliphatic heterocycles. The predicted molar refractivity (Wildman–Crippen MR) is 87.0 cm³/mol. The first-order chi connectivity index (χ1) is 10.6. The summed E-state index contributed by atoms with van der Waals surface area (Å²) < 4.78 is 1.54. The van der Waals surface area contributed by atoms with Crippen LogP contribution in [0.5, 0.6) is 0 Å². The molecule has 22 heavy (non-hydrogen) atoms. The molecule has 3 atom stereocenters. The molecule has 1 aromatic heterocycles. The maximum Gasteiger partial charge on any atom is 0.230 e. The molecule has 1 aromatic rings. The van der Waals surface area contributed by atoms with Gasteiger partial charge in [0.15, 0.2) is 5.82 Å². The molecule has 3 rings (SSSR count). The number of nitrogens with zero attached hydrogens (tertiary/aromatic N) is 3. The monoisotopic (exact) mass is 323 g/mol. The summed E-state index contributed by atoms with van der Waals surface area (Å²) in [5.41, 5.74) is 0. The van der Waals surface area contributed by atoms with E-state index >= 15 is 0 Å². The van der Waals surface area contributed by atoms with Gasteiger partial charge in [-0.05, 0) is 31.1 Å². The Balaban J connectivity index is 1.50. The molecule has 0 unspecified atom stereocenters. The Morgan fingerprint density at radius 1 is 1.32 bits per heavy atom. The van der Waals surface area contributed by atoms with Crippen LogP contribution in [0.2, 0.25) is 0 Å². The molecular formula is C15H25N5OS. The van der Waals surface area contributed by atoms with Crippen LogP contribution < -0.4 is 11.2 Å². The van der Waals surface area contributed by atoms with Gasteiger partial charge in [0.2, 0.25) is 11.1 Å². The van der Waals surface area contributed by atoms with Gasteiger partial charge in [-0.1, -0.05) is 38.5 Å². The summed E-state index contributed by atoms with van der Waals surface area (Å²) in [7, 11) is 0. The van der Waals surface area contributed by atoms with Crippen LogP contribution in [0.3, 0.4) is 0 Å². The highest BCUT2D eigenvalue weighted by Gasteiger charge is 2.30. The minimum Gasteiger partial charge on any atom is -0.352 e. The molecule has 6 nitrogen and oxygen atoms in total. The van der Waals surface area contributed by atoms with Gasteiger partial charge in [-0.3, -0.25) is 4.79 Å². The Hall–Kier alpha value is -1.24. The van der Waals surface area contributed by atoms with Gasteiger partial charge in [0.1, 0.15) is 0 Å². The standard InChI is InChI=1S/C15H25N5OS/c1-9-4-3-5-12(10(9)2)17-13(21)8-22-15-19-18-14(20(15)16)11-6-7-11/h9-12H,3-8,16H2,1-2H3,(H,17,21)/t9-,10-,12-/m1/s1. The summed E-state index contributed by atoms with van der Waals surface area (Å²) in [5.74, 6) is 8.93. The van der Waals surface area contributed by atoms with Crippen molar-refractivity contribution in [2.24, 2.45) is 11.8 Å². The van der Waals surface area contributed by atoms with Gasteiger partial charge >= 0.3 is 0 Å². The van der Waals surface area contributed by atoms with Crippen molar-refractivity contribution < 1.29 is 4.79 Å². The topological polar surface area (TPSA) is 85.8 Å². The highest BCUT2D eigenvalue weighted by atomic mass is 32.2. The minimum atomic E-state index is 0.0620. The van der Waals surface area contributed by atoms with E-state index in [-0.39, 0.29) is 5.91 Å². The Morgan fingerprint density at radius 3 is 2.82 bits per heavy atom. The molecule has 3 N–H and O–H groups in total. The highest BCUT2D eigenvalue weighted by molar-refractivity contribution is 7.99. The number of carbonyl (C=O) groups excluding carboxylic acids is 1. The van der Waals surface area contributed by atoms with Crippen molar-refractivity contribution in [3.8, 4) is 0 Å². The third kappa shape index (κ3) is 3.39. The lowest BCUT2D eigenvalue weighted by Gasteiger charge is -2.34. The van der Waals surface area contributed by atoms with E-state index in [1.807, 2.05) is 0 Å². The van der Waals surface area contributed by atoms with Crippen molar-refractivity contribution in [3.05, 3.63) is 5.82 Å². The summed E-state index contributed by atoms with van der Waals surface area (Å²) in [5, 5.41) is 12.0. The summed E-state index contributed by atoms with van der Waals surface area (Å²) in [6.07, 6.45) is 5.82. The smallest absolute Gasteiger partial charge is 0.230 e. The fraction of sp³-hybridized carbons (Fsp3) is 0.800. The second-order valence-corrected chi connectivity index (χ2v) is 7.66. The lowest BCUT2D eigenvalue weighted by molar-refractivity contribution is -0.120. The van der Waals surface area contributed by atoms with Gasteiger partial charge in [0.05, 0.1) is 5.75 Å². The summed E-state index contributed by atoms with van der Waals surface area (Å²) in [6.45, 7) is 4.51. The van der Waals surface area contributed by atoms with Crippen molar-refractivity contribution in [1.82, 2.24) is 20.2 Å². The maximum atomic E-state index is 12.2. The molecule has 7 heteroatoms. The molecule has 2 aliphatic rings. The van der Waals surface area contributed by atoms with Crippen LogP contribution in [0.1, 0.15) is 57.7 Å². The molecule has 122 valence electrons. The lowest BCUT2D eigenvalue weighted by Crippen LogP contribution is -2.44. The highest BCUT2D eigenvalue weighted by Crippen LogP contribution is 2.39. The third-order valence-electron chi connectivity index (χ3n) is 5.02. The second kappa shape index (κ2) is 6.48. The Kier molecular flexibility index (Phi) is 4.61. The maximum absolute atomic E-state index is 12.2. The average Bonchev–Trinajstić information content (AvgIpc) is 3.26. The first-order valence-corrected chi connectivity index (χ1v) is 9.17. The van der Waals surface area contributed by atoms with Crippen LogP contribution in [0, 0.1) is 11.8 Å². The summed E-state index contributed by atoms with van der Waals surface area (Å²) >= 11 is 1.36. The molecule has 1 heterocycles. The van der Waals surface area contributed by atoms with Gasteiger partial charge in [-0.15, -0.1) is 10.2 Å². The Morgan fingerprint density at radius 2 is 2.09 bits per heavy atom. The molecule has 2 saturated carbocycles. The molecule has 1 amide bonds. The average molecular weight is 323 g/mol. The zero-order valence-electron chi connectivity index (χ0n) is 13.3. The van der Waals surface area contributed by atoms with Gasteiger partial charge in [-0.25, -0.2) is 4.68 Å². The van der Waals surface area contributed by atoms with Crippen LogP contribution in [-0.2, 0) is 4.79 Å². The van der Waals surface area contributed by atoms with Crippen LogP contribution in [-0.4, -0.2) is 32.6 Å². The SMILES string of the molecule is C[C@@H]1[C@H](C)CCC[C@H]1NC(=O)CSc1nnc(C2CC2)n1N. The van der Waals surface area contributed by atoms with Crippen molar-refractivity contribution in [3.63, 3.8) is 0 Å². The van der Waals surface area contributed by atoms with Crippen molar-refractivity contribution >= 4 is 17.7 Å². The van der Waals surface area contributed by atoms with Gasteiger partial charge in [-0.2, -0.15) is 0 Å². The Bertz CT molecular complexity index is 542. The largest absolute Gasteiger partial charge is 0.352 e. The number of nitrogen functional groups attached to an aromatic ring is 1. The van der Waals surface area contributed by atoms with E-state index in [9.17, 15) is 4.79 Å². The van der Waals surface area contributed by atoms with E-state index < -0.39 is 0 Å². The van der Waals surface area contributed by atoms with Crippen LogP contribution in [0.15, 0.2) is 5.16 Å². The zero-order chi connectivity index (χ0) is 15.7. The number of hydrogen-bond donors (Lipinski definition) is 2. The molecule has 0 saturated heterocycles. The number of thioether (sulfide) groups is 1. The summed E-state index contributed by atoms with van der Waals surface area (Å²) in [6, 6.07) is 0.301. The third-order valence-corrected chi connectivity index (χ3v) is 5.96. The predicted octanol–water partition coefficient (Wildman–Crippen LogP) is 1.90. The molecule has 0 radical (unpaired) electrons. The number of nitrogens with one attached hydrogen (secondary N) is 1.